The molecule has 0 aliphatic carbocycles. The molecule has 7 heteroatoms. The first kappa shape index (κ1) is 19.0. The molecule has 2 rings (SSSR count). The largest absolute Gasteiger partial charge is 0.375 e. The second-order valence-corrected chi connectivity index (χ2v) is 7.72. The predicted molar refractivity (Wildman–Crippen MR) is 103 cm³/mol. The molecular formula is C17H19ClN2O2S2. The number of thioether (sulfide) groups is 1. The number of ether oxygens (including phenoxy) is 1. The van der Waals surface area contributed by atoms with Gasteiger partial charge in [0.05, 0.1) is 4.88 Å². The third kappa shape index (κ3) is 5.63. The number of carbonyl (C=O) groups is 1. The second-order valence-electron chi connectivity index (χ2n) is 4.84. The maximum atomic E-state index is 11.6. The third-order valence-corrected chi connectivity index (χ3v) is 5.48. The summed E-state index contributed by atoms with van der Waals surface area (Å²) in [4.78, 5) is 13.9. The summed E-state index contributed by atoms with van der Waals surface area (Å²) in [5, 5.41) is 4.96. The van der Waals surface area contributed by atoms with Gasteiger partial charge in [0.25, 0.3) is 5.91 Å². The monoisotopic (exact) mass is 382 g/mol. The van der Waals surface area contributed by atoms with Crippen LogP contribution in [0.25, 0.3) is 0 Å². The minimum atomic E-state index is -0.290. The number of hydrogen-bond donors (Lipinski definition) is 1. The van der Waals surface area contributed by atoms with Crippen LogP contribution in [0, 0.1) is 0 Å². The minimum absolute atomic E-state index is 0.0276. The van der Waals surface area contributed by atoms with Crippen molar-refractivity contribution in [2.75, 3.05) is 19.5 Å². The summed E-state index contributed by atoms with van der Waals surface area (Å²) in [6.07, 6.45) is 0. The highest BCUT2D eigenvalue weighted by atomic mass is 35.5. The zero-order chi connectivity index (χ0) is 17.4. The highest BCUT2D eigenvalue weighted by molar-refractivity contribution is 7.98. The predicted octanol–water partition coefficient (Wildman–Crippen LogP) is 4.17. The van der Waals surface area contributed by atoms with E-state index in [1.807, 2.05) is 42.1 Å². The van der Waals surface area contributed by atoms with Gasteiger partial charge in [-0.05, 0) is 30.0 Å². The molecule has 0 fully saturated rings. The third-order valence-electron chi connectivity index (χ3n) is 3.03. The van der Waals surface area contributed by atoms with Crippen LogP contribution < -0.4 is 5.43 Å². The fraction of sp³-hybridized carbons (Fsp3) is 0.294. The number of nitrogens with zero attached hydrogens (tertiary/aromatic N) is 1. The van der Waals surface area contributed by atoms with Gasteiger partial charge in [-0.15, -0.1) is 11.3 Å². The van der Waals surface area contributed by atoms with Crippen LogP contribution >= 0.6 is 34.7 Å². The van der Waals surface area contributed by atoms with E-state index in [2.05, 4.69) is 23.5 Å². The van der Waals surface area contributed by atoms with Crippen molar-refractivity contribution in [1.29, 1.82) is 0 Å². The lowest BCUT2D eigenvalue weighted by Crippen LogP contribution is -2.24. The summed E-state index contributed by atoms with van der Waals surface area (Å²) in [7, 11) is 1.47. The van der Waals surface area contributed by atoms with Crippen molar-refractivity contribution >= 4 is 46.3 Å². The van der Waals surface area contributed by atoms with E-state index in [-0.39, 0.29) is 12.5 Å². The lowest BCUT2D eigenvalue weighted by molar-refractivity contribution is -0.124. The molecule has 0 unspecified atom stereocenters. The van der Waals surface area contributed by atoms with Crippen molar-refractivity contribution in [3.63, 3.8) is 0 Å². The van der Waals surface area contributed by atoms with Gasteiger partial charge >= 0.3 is 0 Å². The van der Waals surface area contributed by atoms with Gasteiger partial charge in [0, 0.05) is 28.3 Å². The Balaban J connectivity index is 2.28. The molecule has 0 saturated carbocycles. The van der Waals surface area contributed by atoms with E-state index in [9.17, 15) is 4.79 Å². The Morgan fingerprint density at radius 3 is 2.71 bits per heavy atom. The summed E-state index contributed by atoms with van der Waals surface area (Å²) in [5.41, 5.74) is 4.15. The van der Waals surface area contributed by atoms with Gasteiger partial charge < -0.3 is 4.74 Å². The highest BCUT2D eigenvalue weighted by Crippen LogP contribution is 2.24. The Labute approximate surface area is 155 Å². The molecule has 2 aromatic rings. The number of amides is 1. The van der Waals surface area contributed by atoms with E-state index < -0.39 is 0 Å². The van der Waals surface area contributed by atoms with Crippen LogP contribution in [0.2, 0.25) is 5.02 Å². The van der Waals surface area contributed by atoms with E-state index in [1.54, 1.807) is 11.3 Å². The summed E-state index contributed by atoms with van der Waals surface area (Å²) >= 11 is 9.52. The van der Waals surface area contributed by atoms with Gasteiger partial charge in [0.15, 0.2) is 0 Å². The van der Waals surface area contributed by atoms with E-state index >= 15 is 0 Å². The number of rotatable bonds is 8. The number of nitrogens with one attached hydrogen (secondary N) is 1. The van der Waals surface area contributed by atoms with Crippen molar-refractivity contribution in [1.82, 2.24) is 5.43 Å². The molecule has 4 nitrogen and oxygen atoms in total. The Bertz CT molecular complexity index is 699. The molecule has 0 bridgehead atoms. The average molecular weight is 383 g/mol. The summed E-state index contributed by atoms with van der Waals surface area (Å²) < 4.78 is 4.81. The van der Waals surface area contributed by atoms with Crippen LogP contribution in [0.15, 0.2) is 41.5 Å². The van der Waals surface area contributed by atoms with Crippen molar-refractivity contribution in [3.8, 4) is 0 Å². The van der Waals surface area contributed by atoms with Crippen LogP contribution in [0.3, 0.4) is 0 Å². The van der Waals surface area contributed by atoms with E-state index in [0.29, 0.717) is 10.7 Å². The van der Waals surface area contributed by atoms with Crippen molar-refractivity contribution < 1.29 is 9.53 Å². The van der Waals surface area contributed by atoms with Crippen molar-refractivity contribution in [2.45, 2.75) is 12.7 Å². The molecule has 0 spiro atoms. The Kier molecular flexibility index (Phi) is 7.78. The van der Waals surface area contributed by atoms with Gasteiger partial charge in [0.2, 0.25) is 0 Å². The van der Waals surface area contributed by atoms with E-state index in [1.165, 1.54) is 12.0 Å². The topological polar surface area (TPSA) is 50.7 Å². The molecule has 1 amide bonds. The van der Waals surface area contributed by atoms with Gasteiger partial charge in [-0.25, -0.2) is 5.43 Å². The fourth-order valence-electron chi connectivity index (χ4n) is 1.94. The molecule has 0 radical (unpaired) electrons. The Morgan fingerprint density at radius 1 is 1.29 bits per heavy atom. The number of halogens is 1. The van der Waals surface area contributed by atoms with Gasteiger partial charge in [-0.3, -0.25) is 4.79 Å². The highest BCUT2D eigenvalue weighted by Gasteiger charge is 2.12. The number of methoxy groups -OCH3 is 1. The van der Waals surface area contributed by atoms with Crippen molar-refractivity contribution in [3.05, 3.63) is 56.7 Å². The number of thiophene rings is 1. The first-order valence-electron chi connectivity index (χ1n) is 7.42. The Hall–Kier alpha value is -1.34. The van der Waals surface area contributed by atoms with Crippen LogP contribution in [-0.2, 0) is 15.3 Å². The molecule has 128 valence electrons. The zero-order valence-electron chi connectivity index (χ0n) is 13.5. The second kappa shape index (κ2) is 9.84. The molecule has 0 aliphatic heterocycles. The molecule has 1 aromatic heterocycles. The maximum absolute atomic E-state index is 11.6. The minimum Gasteiger partial charge on any atom is -0.375 e. The summed E-state index contributed by atoms with van der Waals surface area (Å²) in [6, 6.07) is 11.5. The summed E-state index contributed by atoms with van der Waals surface area (Å²) in [5.74, 6) is 1.77. The fourth-order valence-corrected chi connectivity index (χ4v) is 3.86. The quantitative estimate of drug-likeness (QED) is 0.550. The van der Waals surface area contributed by atoms with Gasteiger partial charge in [-0.2, -0.15) is 16.9 Å². The molecule has 1 aromatic carbocycles. The average Bonchev–Trinajstić information content (AvgIpc) is 3.03. The van der Waals surface area contributed by atoms with Crippen LogP contribution in [-0.4, -0.2) is 31.1 Å². The van der Waals surface area contributed by atoms with Crippen LogP contribution in [0.1, 0.15) is 22.2 Å². The van der Waals surface area contributed by atoms with Crippen LogP contribution in [0.4, 0.5) is 0 Å². The van der Waals surface area contributed by atoms with Gasteiger partial charge in [0.1, 0.15) is 12.3 Å². The summed E-state index contributed by atoms with van der Waals surface area (Å²) in [6.45, 7) is 2.12. The first-order valence-corrected chi connectivity index (χ1v) is 9.77. The van der Waals surface area contributed by atoms with Gasteiger partial charge in [-0.1, -0.05) is 30.7 Å². The molecule has 0 saturated heterocycles. The normalized spacial score (nSPS) is 11.5. The first-order chi connectivity index (χ1) is 11.6. The molecule has 24 heavy (non-hydrogen) atoms. The smallest absolute Gasteiger partial charge is 0.266 e. The standard InChI is InChI=1S/C17H19ClN2O2S2/c1-3-23-11-14-8-9-15(24-14)17(20-19-16(21)10-22-2)12-4-6-13(18)7-5-12/h4-9H,3,10-11H2,1-2H3,(H,19,21). The molecular weight excluding hydrogens is 364 g/mol. The van der Waals surface area contributed by atoms with Crippen molar-refractivity contribution in [2.24, 2.45) is 5.10 Å². The SMILES string of the molecule is CCSCc1ccc(C(=NNC(=O)COC)c2ccc(Cl)cc2)s1. The number of carbonyl (C=O) groups excluding carboxylic acids is 1. The lowest BCUT2D eigenvalue weighted by atomic mass is 10.1. The Morgan fingerprint density at radius 2 is 2.04 bits per heavy atom. The molecule has 0 aliphatic rings. The maximum Gasteiger partial charge on any atom is 0.266 e. The molecule has 0 atom stereocenters. The zero-order valence-corrected chi connectivity index (χ0v) is 15.9. The van der Waals surface area contributed by atoms with Crippen LogP contribution in [0.5, 0.6) is 0 Å². The molecule has 1 N–H and O–H groups in total. The lowest BCUT2D eigenvalue weighted by Gasteiger charge is -2.06. The number of hydrogen-bond acceptors (Lipinski definition) is 5. The number of benzene rings is 1. The van der Waals surface area contributed by atoms with E-state index in [0.717, 1.165) is 21.9 Å². The van der Waals surface area contributed by atoms with E-state index in [4.69, 9.17) is 16.3 Å². The molecule has 1 heterocycles. The number of hydrazone groups is 1.